The molecule has 7 heteroatoms. The Bertz CT molecular complexity index is 526. The van der Waals surface area contributed by atoms with Crippen LogP contribution < -0.4 is 10.0 Å². The molecule has 16 heavy (non-hydrogen) atoms. The third-order valence-electron chi connectivity index (χ3n) is 2.18. The molecule has 0 spiro atoms. The molecular weight excluding hydrogens is 232 g/mol. The van der Waals surface area contributed by atoms with Gasteiger partial charge in [0.2, 0.25) is 10.0 Å². The van der Waals surface area contributed by atoms with E-state index in [0.29, 0.717) is 5.69 Å². The largest absolute Gasteiger partial charge is 0.481 e. The van der Waals surface area contributed by atoms with E-state index in [2.05, 4.69) is 10.0 Å². The average molecular weight is 242 g/mol. The van der Waals surface area contributed by atoms with Gasteiger partial charge in [0.15, 0.2) is 0 Å². The minimum atomic E-state index is -3.61. The number of sulfonamides is 1. The highest BCUT2D eigenvalue weighted by Gasteiger charge is 2.29. The SMILES string of the molecule is O=C(O)CC1Nc2ccccc2S(=O)(=O)N1. The predicted octanol–water partition coefficient (Wildman–Crippen LogP) is 0.191. The number of carbonyl (C=O) groups is 1. The van der Waals surface area contributed by atoms with Crippen LogP contribution in [0.15, 0.2) is 29.2 Å². The summed E-state index contributed by atoms with van der Waals surface area (Å²) in [6.45, 7) is 0. The van der Waals surface area contributed by atoms with Crippen molar-refractivity contribution in [2.45, 2.75) is 17.5 Å². The predicted molar refractivity (Wildman–Crippen MR) is 56.4 cm³/mol. The molecule has 0 aliphatic carbocycles. The highest BCUT2D eigenvalue weighted by atomic mass is 32.2. The molecule has 0 saturated carbocycles. The smallest absolute Gasteiger partial charge is 0.306 e. The lowest BCUT2D eigenvalue weighted by molar-refractivity contribution is -0.137. The van der Waals surface area contributed by atoms with Crippen molar-refractivity contribution in [3.05, 3.63) is 24.3 Å². The lowest BCUT2D eigenvalue weighted by atomic mass is 10.3. The minimum Gasteiger partial charge on any atom is -0.481 e. The molecule has 1 unspecified atom stereocenters. The number of hydrogen-bond acceptors (Lipinski definition) is 4. The zero-order valence-corrected chi connectivity index (χ0v) is 8.99. The summed E-state index contributed by atoms with van der Waals surface area (Å²) in [4.78, 5) is 10.7. The summed E-state index contributed by atoms with van der Waals surface area (Å²) in [7, 11) is -3.61. The Morgan fingerprint density at radius 3 is 2.75 bits per heavy atom. The summed E-state index contributed by atoms with van der Waals surface area (Å²) in [5.41, 5.74) is 0.424. The van der Waals surface area contributed by atoms with Gasteiger partial charge in [-0.05, 0) is 12.1 Å². The molecule has 1 aromatic carbocycles. The molecule has 3 N–H and O–H groups in total. The first-order valence-corrected chi connectivity index (χ1v) is 6.07. The van der Waals surface area contributed by atoms with Crippen LogP contribution in [0.3, 0.4) is 0 Å². The summed E-state index contributed by atoms with van der Waals surface area (Å²) in [6.07, 6.45) is -1.12. The van der Waals surface area contributed by atoms with E-state index >= 15 is 0 Å². The Morgan fingerprint density at radius 1 is 1.38 bits per heavy atom. The van der Waals surface area contributed by atoms with E-state index < -0.39 is 22.2 Å². The first-order chi connectivity index (χ1) is 7.49. The van der Waals surface area contributed by atoms with Gasteiger partial charge in [0.1, 0.15) is 11.1 Å². The minimum absolute atomic E-state index is 0.136. The van der Waals surface area contributed by atoms with Crippen LogP contribution in [0.5, 0.6) is 0 Å². The maximum Gasteiger partial charge on any atom is 0.306 e. The monoisotopic (exact) mass is 242 g/mol. The first-order valence-electron chi connectivity index (χ1n) is 4.59. The van der Waals surface area contributed by atoms with Gasteiger partial charge in [0, 0.05) is 0 Å². The van der Waals surface area contributed by atoms with Gasteiger partial charge < -0.3 is 10.4 Å². The van der Waals surface area contributed by atoms with Gasteiger partial charge in [-0.15, -0.1) is 0 Å². The van der Waals surface area contributed by atoms with Crippen LogP contribution in [0.2, 0.25) is 0 Å². The second kappa shape index (κ2) is 3.76. The fourth-order valence-electron chi connectivity index (χ4n) is 1.56. The molecule has 0 aromatic heterocycles. The molecule has 0 radical (unpaired) electrons. The molecular formula is C9H10N2O4S. The van der Waals surface area contributed by atoms with E-state index in [1.165, 1.54) is 6.07 Å². The number of carboxylic acid groups (broad SMARTS) is 1. The Morgan fingerprint density at radius 2 is 2.06 bits per heavy atom. The van der Waals surface area contributed by atoms with E-state index in [-0.39, 0.29) is 11.3 Å². The molecule has 86 valence electrons. The van der Waals surface area contributed by atoms with Crippen molar-refractivity contribution in [3.63, 3.8) is 0 Å². The highest BCUT2D eigenvalue weighted by Crippen LogP contribution is 2.25. The number of benzene rings is 1. The third-order valence-corrected chi connectivity index (χ3v) is 3.71. The molecule has 0 fully saturated rings. The number of hydrogen-bond donors (Lipinski definition) is 3. The number of rotatable bonds is 2. The van der Waals surface area contributed by atoms with Gasteiger partial charge in [-0.25, -0.2) is 8.42 Å². The molecule has 1 atom stereocenters. The number of nitrogens with one attached hydrogen (secondary N) is 2. The van der Waals surface area contributed by atoms with E-state index in [9.17, 15) is 13.2 Å². The average Bonchev–Trinajstić information content (AvgIpc) is 2.15. The van der Waals surface area contributed by atoms with Crippen molar-refractivity contribution >= 4 is 21.7 Å². The lowest BCUT2D eigenvalue weighted by Gasteiger charge is -2.26. The quantitative estimate of drug-likeness (QED) is 0.688. The zero-order valence-electron chi connectivity index (χ0n) is 8.17. The van der Waals surface area contributed by atoms with E-state index in [1.54, 1.807) is 18.2 Å². The number of fused-ring (bicyclic) bond motifs is 1. The molecule has 1 aromatic rings. The number of carboxylic acids is 1. The summed E-state index contributed by atoms with van der Waals surface area (Å²) in [5, 5.41) is 11.4. The molecule has 1 aliphatic rings. The third kappa shape index (κ3) is 2.00. The van der Waals surface area contributed by atoms with Crippen LogP contribution in [0.4, 0.5) is 5.69 Å². The van der Waals surface area contributed by atoms with Crippen molar-refractivity contribution < 1.29 is 18.3 Å². The number of anilines is 1. The van der Waals surface area contributed by atoms with Crippen molar-refractivity contribution in [3.8, 4) is 0 Å². The van der Waals surface area contributed by atoms with Crippen LogP contribution in [0.1, 0.15) is 6.42 Å². The second-order valence-electron chi connectivity index (χ2n) is 3.41. The standard InChI is InChI=1S/C9H10N2O4S/c12-9(13)5-8-10-6-3-1-2-4-7(6)16(14,15)11-8/h1-4,8,10-11H,5H2,(H,12,13). The van der Waals surface area contributed by atoms with Crippen molar-refractivity contribution in [2.24, 2.45) is 0 Å². The van der Waals surface area contributed by atoms with Gasteiger partial charge in [0.25, 0.3) is 0 Å². The molecule has 2 rings (SSSR count). The van der Waals surface area contributed by atoms with E-state index in [0.717, 1.165) is 0 Å². The number of aliphatic carboxylic acids is 1. The normalized spacial score (nSPS) is 21.9. The summed E-state index contributed by atoms with van der Waals surface area (Å²) < 4.78 is 25.7. The van der Waals surface area contributed by atoms with Crippen molar-refractivity contribution in [1.29, 1.82) is 0 Å². The maximum atomic E-state index is 11.7. The van der Waals surface area contributed by atoms with Gasteiger partial charge in [-0.3, -0.25) is 4.79 Å². The van der Waals surface area contributed by atoms with Crippen LogP contribution in [0, 0.1) is 0 Å². The number of para-hydroxylation sites is 1. The first kappa shape index (κ1) is 10.9. The maximum absolute atomic E-state index is 11.7. The summed E-state index contributed by atoms with van der Waals surface area (Å²) in [5.74, 6) is -1.07. The highest BCUT2D eigenvalue weighted by molar-refractivity contribution is 7.89. The van der Waals surface area contributed by atoms with Gasteiger partial charge in [-0.2, -0.15) is 4.72 Å². The van der Waals surface area contributed by atoms with Gasteiger partial charge in [0.05, 0.1) is 12.1 Å². The van der Waals surface area contributed by atoms with E-state index in [4.69, 9.17) is 5.11 Å². The van der Waals surface area contributed by atoms with Crippen LogP contribution >= 0.6 is 0 Å². The Balaban J connectivity index is 2.37. The summed E-state index contributed by atoms with van der Waals surface area (Å²) in [6, 6.07) is 6.35. The molecule has 6 nitrogen and oxygen atoms in total. The molecule has 0 saturated heterocycles. The van der Waals surface area contributed by atoms with Crippen LogP contribution in [-0.4, -0.2) is 25.7 Å². The summed E-state index contributed by atoms with van der Waals surface area (Å²) >= 11 is 0. The zero-order chi connectivity index (χ0) is 11.8. The van der Waals surface area contributed by atoms with Gasteiger partial charge >= 0.3 is 5.97 Å². The Kier molecular flexibility index (Phi) is 2.56. The second-order valence-corrected chi connectivity index (χ2v) is 5.09. The molecule has 1 heterocycles. The van der Waals surface area contributed by atoms with Crippen molar-refractivity contribution in [1.82, 2.24) is 4.72 Å². The Labute approximate surface area is 92.3 Å². The van der Waals surface area contributed by atoms with Gasteiger partial charge in [-0.1, -0.05) is 12.1 Å². The van der Waals surface area contributed by atoms with Crippen LogP contribution in [0.25, 0.3) is 0 Å². The Hall–Kier alpha value is -1.60. The topological polar surface area (TPSA) is 95.5 Å². The molecule has 0 bridgehead atoms. The molecule has 0 amide bonds. The van der Waals surface area contributed by atoms with Crippen LogP contribution in [-0.2, 0) is 14.8 Å². The fourth-order valence-corrected chi connectivity index (χ4v) is 2.87. The fraction of sp³-hybridized carbons (Fsp3) is 0.222. The van der Waals surface area contributed by atoms with Crippen molar-refractivity contribution in [2.75, 3.05) is 5.32 Å². The van der Waals surface area contributed by atoms with E-state index in [1.807, 2.05) is 0 Å². The lowest BCUT2D eigenvalue weighted by Crippen LogP contribution is -2.45. The molecule has 1 aliphatic heterocycles.